The summed E-state index contributed by atoms with van der Waals surface area (Å²) in [5, 5.41) is 15.3. The third-order valence-corrected chi connectivity index (χ3v) is 4.45. The average Bonchev–Trinajstić information content (AvgIpc) is 2.44. The smallest absolute Gasteiger partial charge is 0.303 e. The van der Waals surface area contributed by atoms with Crippen molar-refractivity contribution in [3.8, 4) is 0 Å². The number of rotatable bonds is 8. The monoisotopic (exact) mass is 298 g/mol. The first-order valence-electron chi connectivity index (χ1n) is 8.10. The SMILES string of the molecule is CCC1(C(=O)NC[C@H](CC(=O)O)CC(C)C)CCCNC1. The van der Waals surface area contributed by atoms with Crippen LogP contribution < -0.4 is 10.6 Å². The Balaban J connectivity index is 2.56. The van der Waals surface area contributed by atoms with Crippen LogP contribution in [0.25, 0.3) is 0 Å². The number of amides is 1. The third-order valence-electron chi connectivity index (χ3n) is 4.45. The van der Waals surface area contributed by atoms with Gasteiger partial charge >= 0.3 is 5.97 Å². The van der Waals surface area contributed by atoms with Crippen LogP contribution in [0.2, 0.25) is 0 Å². The molecule has 1 aliphatic heterocycles. The molecule has 2 atom stereocenters. The van der Waals surface area contributed by atoms with Gasteiger partial charge in [0.2, 0.25) is 5.91 Å². The van der Waals surface area contributed by atoms with Gasteiger partial charge in [-0.15, -0.1) is 0 Å². The summed E-state index contributed by atoms with van der Waals surface area (Å²) < 4.78 is 0. The highest BCUT2D eigenvalue weighted by Gasteiger charge is 2.37. The lowest BCUT2D eigenvalue weighted by atomic mass is 9.77. The van der Waals surface area contributed by atoms with Gasteiger partial charge in [-0.2, -0.15) is 0 Å². The summed E-state index contributed by atoms with van der Waals surface area (Å²) in [4.78, 5) is 23.5. The number of carbonyl (C=O) groups excluding carboxylic acids is 1. The molecule has 21 heavy (non-hydrogen) atoms. The molecule has 1 rings (SSSR count). The van der Waals surface area contributed by atoms with E-state index in [9.17, 15) is 9.59 Å². The summed E-state index contributed by atoms with van der Waals surface area (Å²) in [6.45, 7) is 8.37. The van der Waals surface area contributed by atoms with Gasteiger partial charge in [0.15, 0.2) is 0 Å². The third kappa shape index (κ3) is 5.65. The van der Waals surface area contributed by atoms with E-state index in [1.807, 2.05) is 0 Å². The molecule has 5 nitrogen and oxygen atoms in total. The summed E-state index contributed by atoms with van der Waals surface area (Å²) in [5.41, 5.74) is -0.316. The Kier molecular flexibility index (Phi) is 7.15. The van der Waals surface area contributed by atoms with Gasteiger partial charge in [0, 0.05) is 19.5 Å². The maximum absolute atomic E-state index is 12.5. The summed E-state index contributed by atoms with van der Waals surface area (Å²) >= 11 is 0. The number of hydrogen-bond donors (Lipinski definition) is 3. The Morgan fingerprint density at radius 2 is 2.10 bits per heavy atom. The molecule has 1 unspecified atom stereocenters. The molecule has 3 N–H and O–H groups in total. The van der Waals surface area contributed by atoms with Crippen LogP contribution in [-0.4, -0.2) is 36.6 Å². The Labute approximate surface area is 127 Å². The van der Waals surface area contributed by atoms with Gasteiger partial charge in [-0.05, 0) is 44.1 Å². The van der Waals surface area contributed by atoms with Crippen molar-refractivity contribution in [2.75, 3.05) is 19.6 Å². The highest BCUT2D eigenvalue weighted by atomic mass is 16.4. The molecule has 5 heteroatoms. The van der Waals surface area contributed by atoms with E-state index in [0.29, 0.717) is 12.5 Å². The van der Waals surface area contributed by atoms with Crippen LogP contribution >= 0.6 is 0 Å². The molecule has 0 aromatic rings. The van der Waals surface area contributed by atoms with Gasteiger partial charge in [-0.1, -0.05) is 20.8 Å². The van der Waals surface area contributed by atoms with Gasteiger partial charge in [0.05, 0.1) is 5.41 Å². The second-order valence-electron chi connectivity index (χ2n) is 6.72. The number of aliphatic carboxylic acids is 1. The maximum Gasteiger partial charge on any atom is 0.303 e. The molecule has 0 radical (unpaired) electrons. The summed E-state index contributed by atoms with van der Waals surface area (Å²) in [6.07, 6.45) is 3.70. The van der Waals surface area contributed by atoms with Crippen molar-refractivity contribution < 1.29 is 14.7 Å². The topological polar surface area (TPSA) is 78.4 Å². The molecule has 1 heterocycles. The van der Waals surface area contributed by atoms with E-state index in [1.165, 1.54) is 0 Å². The van der Waals surface area contributed by atoms with E-state index < -0.39 is 5.97 Å². The minimum Gasteiger partial charge on any atom is -0.481 e. The van der Waals surface area contributed by atoms with E-state index in [4.69, 9.17) is 5.11 Å². The molecule has 0 aromatic carbocycles. The number of carboxylic acid groups (broad SMARTS) is 1. The molecule has 0 saturated carbocycles. The lowest BCUT2D eigenvalue weighted by Crippen LogP contribution is -2.51. The lowest BCUT2D eigenvalue weighted by molar-refractivity contribution is -0.139. The van der Waals surface area contributed by atoms with Crippen molar-refractivity contribution in [2.45, 2.75) is 52.9 Å². The van der Waals surface area contributed by atoms with Crippen molar-refractivity contribution in [3.05, 3.63) is 0 Å². The van der Waals surface area contributed by atoms with E-state index in [0.717, 1.165) is 38.8 Å². The molecule has 122 valence electrons. The highest BCUT2D eigenvalue weighted by molar-refractivity contribution is 5.83. The zero-order valence-electron chi connectivity index (χ0n) is 13.6. The van der Waals surface area contributed by atoms with Gasteiger partial charge in [-0.25, -0.2) is 0 Å². The Hall–Kier alpha value is -1.10. The van der Waals surface area contributed by atoms with Crippen LogP contribution in [0.4, 0.5) is 0 Å². The number of carboxylic acids is 1. The number of hydrogen-bond acceptors (Lipinski definition) is 3. The first-order chi connectivity index (χ1) is 9.89. The average molecular weight is 298 g/mol. The zero-order valence-corrected chi connectivity index (χ0v) is 13.6. The first kappa shape index (κ1) is 18.0. The largest absolute Gasteiger partial charge is 0.481 e. The normalized spacial score (nSPS) is 23.8. The minimum atomic E-state index is -0.792. The zero-order chi connectivity index (χ0) is 15.9. The highest BCUT2D eigenvalue weighted by Crippen LogP contribution is 2.30. The number of nitrogens with one attached hydrogen (secondary N) is 2. The standard InChI is InChI=1S/C16H30N2O3/c1-4-16(6-5-7-17-11-16)15(21)18-10-13(8-12(2)3)9-14(19)20/h12-13,17H,4-11H2,1-3H3,(H,18,21)(H,19,20)/t13-,16?/m0/s1. The minimum absolute atomic E-state index is 0.0110. The van der Waals surface area contributed by atoms with Crippen molar-refractivity contribution in [2.24, 2.45) is 17.3 Å². The molecule has 1 amide bonds. The first-order valence-corrected chi connectivity index (χ1v) is 8.10. The molecule has 1 fully saturated rings. The van der Waals surface area contributed by atoms with E-state index in [2.05, 4.69) is 31.4 Å². The van der Waals surface area contributed by atoms with Crippen LogP contribution in [0.3, 0.4) is 0 Å². The Morgan fingerprint density at radius 1 is 1.38 bits per heavy atom. The molecular formula is C16H30N2O3. The van der Waals surface area contributed by atoms with Crippen LogP contribution in [0, 0.1) is 17.3 Å². The summed E-state index contributed by atoms with van der Waals surface area (Å²) in [5.74, 6) is -0.268. The maximum atomic E-state index is 12.5. The van der Waals surface area contributed by atoms with Gasteiger partial charge in [0.25, 0.3) is 0 Å². The molecular weight excluding hydrogens is 268 g/mol. The fraction of sp³-hybridized carbons (Fsp3) is 0.875. The fourth-order valence-electron chi connectivity index (χ4n) is 3.20. The summed E-state index contributed by atoms with van der Waals surface area (Å²) in [6, 6.07) is 0. The second kappa shape index (κ2) is 8.37. The Morgan fingerprint density at radius 3 is 2.57 bits per heavy atom. The predicted molar refractivity (Wildman–Crippen MR) is 83.0 cm³/mol. The van der Waals surface area contributed by atoms with Crippen molar-refractivity contribution in [3.63, 3.8) is 0 Å². The van der Waals surface area contributed by atoms with E-state index >= 15 is 0 Å². The van der Waals surface area contributed by atoms with E-state index in [1.54, 1.807) is 0 Å². The molecule has 0 spiro atoms. The van der Waals surface area contributed by atoms with Crippen molar-refractivity contribution >= 4 is 11.9 Å². The number of carbonyl (C=O) groups is 2. The van der Waals surface area contributed by atoms with Gasteiger partial charge < -0.3 is 15.7 Å². The Bertz CT molecular complexity index is 349. The van der Waals surface area contributed by atoms with Crippen LogP contribution in [0.1, 0.15) is 52.9 Å². The summed E-state index contributed by atoms with van der Waals surface area (Å²) in [7, 11) is 0. The second-order valence-corrected chi connectivity index (χ2v) is 6.72. The van der Waals surface area contributed by atoms with Gasteiger partial charge in [0.1, 0.15) is 0 Å². The molecule has 0 aromatic heterocycles. The van der Waals surface area contributed by atoms with Crippen LogP contribution in [0.5, 0.6) is 0 Å². The quantitative estimate of drug-likeness (QED) is 0.640. The van der Waals surface area contributed by atoms with Crippen molar-refractivity contribution in [1.82, 2.24) is 10.6 Å². The molecule has 0 bridgehead atoms. The molecule has 1 aliphatic rings. The van der Waals surface area contributed by atoms with Crippen LogP contribution in [0.15, 0.2) is 0 Å². The van der Waals surface area contributed by atoms with E-state index in [-0.39, 0.29) is 23.7 Å². The molecule has 0 aliphatic carbocycles. The van der Waals surface area contributed by atoms with Crippen molar-refractivity contribution in [1.29, 1.82) is 0 Å². The molecule has 1 saturated heterocycles. The number of piperidine rings is 1. The van der Waals surface area contributed by atoms with Crippen LogP contribution in [-0.2, 0) is 9.59 Å². The predicted octanol–water partition coefficient (Wildman–Crippen LogP) is 2.02. The fourth-order valence-corrected chi connectivity index (χ4v) is 3.20. The lowest BCUT2D eigenvalue weighted by Gasteiger charge is -2.36. The van der Waals surface area contributed by atoms with Gasteiger partial charge in [-0.3, -0.25) is 9.59 Å².